The van der Waals surface area contributed by atoms with E-state index < -0.39 is 9.84 Å². The highest BCUT2D eigenvalue weighted by atomic mass is 32.2. The summed E-state index contributed by atoms with van der Waals surface area (Å²) in [5.41, 5.74) is 4.93. The number of hydrogen-bond acceptors (Lipinski definition) is 7. The number of piperazine rings is 1. The van der Waals surface area contributed by atoms with Crippen molar-refractivity contribution in [2.24, 2.45) is 0 Å². The van der Waals surface area contributed by atoms with Gasteiger partial charge in [-0.3, -0.25) is 4.90 Å². The molecule has 8 nitrogen and oxygen atoms in total. The maximum absolute atomic E-state index is 13.0. The zero-order valence-electron chi connectivity index (χ0n) is 19.8. The van der Waals surface area contributed by atoms with E-state index in [0.717, 1.165) is 38.2 Å². The fourth-order valence-electron chi connectivity index (χ4n) is 4.48. The molecular weight excluding hydrogens is 436 g/mol. The van der Waals surface area contributed by atoms with E-state index in [4.69, 9.17) is 0 Å². The summed E-state index contributed by atoms with van der Waals surface area (Å²) in [7, 11) is -3.55. The Kier molecular flexibility index (Phi) is 6.81. The van der Waals surface area contributed by atoms with Gasteiger partial charge in [-0.1, -0.05) is 36.8 Å². The van der Waals surface area contributed by atoms with E-state index in [1.807, 2.05) is 6.92 Å². The highest BCUT2D eigenvalue weighted by Crippen LogP contribution is 2.28. The summed E-state index contributed by atoms with van der Waals surface area (Å²) < 4.78 is 27.4. The maximum Gasteiger partial charge on any atom is 0.198 e. The largest absolute Gasteiger partial charge is 0.369 e. The number of aryl methyl sites for hydroxylation is 2. The second kappa shape index (κ2) is 9.61. The van der Waals surface area contributed by atoms with Gasteiger partial charge in [0.2, 0.25) is 0 Å². The molecule has 1 saturated heterocycles. The number of rotatable bonds is 7. The average Bonchev–Trinajstić information content (AvgIpc) is 3.24. The Bertz CT molecular complexity index is 1200. The predicted molar refractivity (Wildman–Crippen MR) is 129 cm³/mol. The Balaban J connectivity index is 1.49. The Morgan fingerprint density at radius 2 is 1.67 bits per heavy atom. The van der Waals surface area contributed by atoms with Crippen LogP contribution in [0.3, 0.4) is 0 Å². The molecule has 1 aliphatic rings. The van der Waals surface area contributed by atoms with Gasteiger partial charge in [0.1, 0.15) is 0 Å². The van der Waals surface area contributed by atoms with Gasteiger partial charge < -0.3 is 4.90 Å². The molecule has 0 saturated carbocycles. The van der Waals surface area contributed by atoms with Gasteiger partial charge in [0.25, 0.3) is 0 Å². The molecule has 3 aromatic rings. The SMILES string of the molecule is CC[C@@H](c1nnnn1CS(=O)(=O)c1ccc(C)cc1)N1CCN(c2cccc(C)c2C)CC1. The van der Waals surface area contributed by atoms with Crippen LogP contribution in [0.25, 0.3) is 0 Å². The van der Waals surface area contributed by atoms with Crippen LogP contribution in [0, 0.1) is 20.8 Å². The standard InChI is InChI=1S/C24H32N6O2S/c1-5-22(28-13-15-29(16-14-28)23-8-6-7-19(3)20(23)4)24-25-26-27-30(24)17-33(31,32)21-11-9-18(2)10-12-21/h6-12,22H,5,13-17H2,1-4H3/t22-/m0/s1. The average molecular weight is 469 g/mol. The van der Waals surface area contributed by atoms with Crippen molar-refractivity contribution in [2.75, 3.05) is 31.1 Å². The van der Waals surface area contributed by atoms with Crippen LogP contribution in [-0.2, 0) is 15.7 Å². The Labute approximate surface area is 196 Å². The third kappa shape index (κ3) is 4.94. The van der Waals surface area contributed by atoms with Crippen molar-refractivity contribution in [3.63, 3.8) is 0 Å². The highest BCUT2D eigenvalue weighted by molar-refractivity contribution is 7.90. The lowest BCUT2D eigenvalue weighted by Gasteiger charge is -2.40. The highest BCUT2D eigenvalue weighted by Gasteiger charge is 2.30. The molecule has 2 heterocycles. The van der Waals surface area contributed by atoms with Crippen molar-refractivity contribution in [1.82, 2.24) is 25.1 Å². The summed E-state index contributed by atoms with van der Waals surface area (Å²) in [6.45, 7) is 11.9. The summed E-state index contributed by atoms with van der Waals surface area (Å²) in [5, 5.41) is 12.1. The van der Waals surface area contributed by atoms with Gasteiger partial charge in [0, 0.05) is 31.9 Å². The molecule has 0 unspecified atom stereocenters. The number of tetrazole rings is 1. The summed E-state index contributed by atoms with van der Waals surface area (Å²) in [5.74, 6) is 0.338. The monoisotopic (exact) mass is 468 g/mol. The number of benzene rings is 2. The van der Waals surface area contributed by atoms with Crippen LogP contribution in [-0.4, -0.2) is 59.7 Å². The van der Waals surface area contributed by atoms with E-state index in [1.165, 1.54) is 21.5 Å². The fraction of sp³-hybridized carbons (Fsp3) is 0.458. The smallest absolute Gasteiger partial charge is 0.198 e. The Morgan fingerprint density at radius 1 is 0.970 bits per heavy atom. The number of nitrogens with zero attached hydrogens (tertiary/aromatic N) is 6. The van der Waals surface area contributed by atoms with Crippen molar-refractivity contribution >= 4 is 15.5 Å². The zero-order chi connectivity index (χ0) is 23.6. The van der Waals surface area contributed by atoms with E-state index in [2.05, 4.69) is 64.3 Å². The summed E-state index contributed by atoms with van der Waals surface area (Å²) in [6, 6.07) is 13.3. The van der Waals surface area contributed by atoms with E-state index in [9.17, 15) is 8.42 Å². The molecule has 0 amide bonds. The van der Waals surface area contributed by atoms with Gasteiger partial charge in [-0.05, 0) is 66.9 Å². The molecule has 33 heavy (non-hydrogen) atoms. The number of anilines is 1. The second-order valence-electron chi connectivity index (χ2n) is 8.76. The first kappa shape index (κ1) is 23.4. The summed E-state index contributed by atoms with van der Waals surface area (Å²) >= 11 is 0. The van der Waals surface area contributed by atoms with Crippen LogP contribution in [0.2, 0.25) is 0 Å². The minimum Gasteiger partial charge on any atom is -0.369 e. The molecule has 1 aromatic heterocycles. The molecule has 1 atom stereocenters. The minimum absolute atomic E-state index is 0.0334. The third-order valence-electron chi connectivity index (χ3n) is 6.59. The van der Waals surface area contributed by atoms with Crippen LogP contribution in [0.5, 0.6) is 0 Å². The van der Waals surface area contributed by atoms with E-state index in [1.54, 1.807) is 24.3 Å². The molecule has 1 aliphatic heterocycles. The molecule has 0 N–H and O–H groups in total. The quantitative estimate of drug-likeness (QED) is 0.526. The molecule has 0 bridgehead atoms. The lowest BCUT2D eigenvalue weighted by molar-refractivity contribution is 0.170. The van der Waals surface area contributed by atoms with Crippen molar-refractivity contribution < 1.29 is 8.42 Å². The first-order chi connectivity index (χ1) is 15.8. The van der Waals surface area contributed by atoms with Gasteiger partial charge in [0.05, 0.1) is 10.9 Å². The van der Waals surface area contributed by atoms with E-state index in [0.29, 0.717) is 5.82 Å². The number of aromatic nitrogens is 4. The van der Waals surface area contributed by atoms with Gasteiger partial charge >= 0.3 is 0 Å². The van der Waals surface area contributed by atoms with Crippen molar-refractivity contribution in [3.8, 4) is 0 Å². The molecule has 0 spiro atoms. The summed E-state index contributed by atoms with van der Waals surface area (Å²) in [4.78, 5) is 5.07. The Morgan fingerprint density at radius 3 is 2.33 bits per heavy atom. The van der Waals surface area contributed by atoms with Crippen molar-refractivity contribution in [2.45, 2.75) is 50.9 Å². The number of hydrogen-bond donors (Lipinski definition) is 0. The van der Waals surface area contributed by atoms with Gasteiger partial charge in [-0.25, -0.2) is 13.1 Å². The van der Waals surface area contributed by atoms with Gasteiger partial charge in [-0.2, -0.15) is 0 Å². The van der Waals surface area contributed by atoms with E-state index in [-0.39, 0.29) is 16.8 Å². The molecule has 4 rings (SSSR count). The van der Waals surface area contributed by atoms with Gasteiger partial charge in [0.15, 0.2) is 21.5 Å². The Hall–Kier alpha value is -2.78. The normalized spacial score (nSPS) is 16.2. The van der Waals surface area contributed by atoms with Crippen LogP contribution in [0.15, 0.2) is 47.4 Å². The second-order valence-corrected chi connectivity index (χ2v) is 10.7. The van der Waals surface area contributed by atoms with Crippen LogP contribution < -0.4 is 4.90 Å². The number of sulfone groups is 1. The maximum atomic E-state index is 13.0. The van der Waals surface area contributed by atoms with Crippen LogP contribution in [0.1, 0.15) is 41.9 Å². The third-order valence-corrected chi connectivity index (χ3v) is 8.16. The van der Waals surface area contributed by atoms with E-state index >= 15 is 0 Å². The molecule has 1 fully saturated rings. The van der Waals surface area contributed by atoms with Gasteiger partial charge in [-0.15, -0.1) is 5.10 Å². The lowest BCUT2D eigenvalue weighted by Crippen LogP contribution is -2.48. The minimum atomic E-state index is -3.55. The first-order valence-electron chi connectivity index (χ1n) is 11.4. The molecular formula is C24H32N6O2S. The summed E-state index contributed by atoms with van der Waals surface area (Å²) in [6.07, 6.45) is 0.800. The van der Waals surface area contributed by atoms with Crippen LogP contribution >= 0.6 is 0 Å². The molecule has 9 heteroatoms. The molecule has 176 valence electrons. The zero-order valence-corrected chi connectivity index (χ0v) is 20.6. The topological polar surface area (TPSA) is 84.2 Å². The molecule has 2 aromatic carbocycles. The fourth-order valence-corrected chi connectivity index (χ4v) is 5.69. The lowest BCUT2D eigenvalue weighted by atomic mass is 10.1. The molecule has 0 radical (unpaired) electrons. The predicted octanol–water partition coefficient (Wildman–Crippen LogP) is 3.30. The van der Waals surface area contributed by atoms with Crippen molar-refractivity contribution in [1.29, 1.82) is 0 Å². The first-order valence-corrected chi connectivity index (χ1v) is 13.1. The molecule has 0 aliphatic carbocycles. The van der Waals surface area contributed by atoms with Crippen molar-refractivity contribution in [3.05, 3.63) is 65.0 Å². The van der Waals surface area contributed by atoms with Crippen LogP contribution in [0.4, 0.5) is 5.69 Å².